The van der Waals surface area contributed by atoms with Crippen LogP contribution in [0.4, 0.5) is 0 Å². The summed E-state index contributed by atoms with van der Waals surface area (Å²) in [6.07, 6.45) is 2.23. The van der Waals surface area contributed by atoms with Gasteiger partial charge in [-0.25, -0.2) is 18.1 Å². The van der Waals surface area contributed by atoms with Crippen molar-refractivity contribution in [2.45, 2.75) is 11.3 Å². The SMILES string of the molecule is O=S(=O)(NCCc1nccs1)c1ccccc1C#CCO. The Labute approximate surface area is 127 Å². The summed E-state index contributed by atoms with van der Waals surface area (Å²) in [5.74, 6) is 5.10. The normalized spacial score (nSPS) is 10.9. The van der Waals surface area contributed by atoms with Crippen LogP contribution in [0.25, 0.3) is 0 Å². The largest absolute Gasteiger partial charge is 0.384 e. The van der Waals surface area contributed by atoms with Crippen LogP contribution >= 0.6 is 11.3 Å². The van der Waals surface area contributed by atoms with Crippen molar-refractivity contribution < 1.29 is 13.5 Å². The van der Waals surface area contributed by atoms with Gasteiger partial charge in [-0.05, 0) is 12.1 Å². The predicted octanol–water partition coefficient (Wildman–Crippen LogP) is 1.01. The van der Waals surface area contributed by atoms with Crippen LogP contribution in [-0.4, -0.2) is 31.7 Å². The highest BCUT2D eigenvalue weighted by atomic mass is 32.2. The van der Waals surface area contributed by atoms with E-state index >= 15 is 0 Å². The second-order valence-corrected chi connectivity index (χ2v) is 6.74. The lowest BCUT2D eigenvalue weighted by atomic mass is 10.2. The summed E-state index contributed by atoms with van der Waals surface area (Å²) in [7, 11) is -3.63. The lowest BCUT2D eigenvalue weighted by molar-refractivity contribution is 0.350. The third kappa shape index (κ3) is 4.37. The van der Waals surface area contributed by atoms with E-state index in [0.29, 0.717) is 12.0 Å². The molecule has 0 atom stereocenters. The van der Waals surface area contributed by atoms with Gasteiger partial charge in [0.05, 0.1) is 9.90 Å². The van der Waals surface area contributed by atoms with Gasteiger partial charge < -0.3 is 5.11 Å². The van der Waals surface area contributed by atoms with Gasteiger partial charge in [0.1, 0.15) is 6.61 Å². The van der Waals surface area contributed by atoms with Gasteiger partial charge in [0.25, 0.3) is 0 Å². The van der Waals surface area contributed by atoms with Crippen molar-refractivity contribution >= 4 is 21.4 Å². The van der Waals surface area contributed by atoms with Crippen molar-refractivity contribution in [3.63, 3.8) is 0 Å². The molecule has 1 aromatic carbocycles. The molecule has 0 aliphatic heterocycles. The fourth-order valence-electron chi connectivity index (χ4n) is 1.69. The summed E-state index contributed by atoms with van der Waals surface area (Å²) in [6.45, 7) is -0.0382. The number of aromatic nitrogens is 1. The number of benzene rings is 1. The lowest BCUT2D eigenvalue weighted by Gasteiger charge is -2.07. The molecular weight excluding hydrogens is 308 g/mol. The molecule has 0 saturated heterocycles. The van der Waals surface area contributed by atoms with Crippen LogP contribution in [0.2, 0.25) is 0 Å². The Bertz CT molecular complexity index is 744. The number of rotatable bonds is 5. The van der Waals surface area contributed by atoms with Gasteiger partial charge in [0.15, 0.2) is 0 Å². The Morgan fingerprint density at radius 1 is 1.33 bits per heavy atom. The third-order valence-electron chi connectivity index (χ3n) is 2.59. The van der Waals surface area contributed by atoms with Gasteiger partial charge in [-0.1, -0.05) is 24.0 Å². The molecule has 0 fully saturated rings. The molecule has 5 nitrogen and oxygen atoms in total. The Morgan fingerprint density at radius 2 is 2.14 bits per heavy atom. The van der Waals surface area contributed by atoms with E-state index in [-0.39, 0.29) is 18.0 Å². The van der Waals surface area contributed by atoms with Gasteiger partial charge in [-0.15, -0.1) is 11.3 Å². The van der Waals surface area contributed by atoms with E-state index < -0.39 is 10.0 Å². The Balaban J connectivity index is 2.12. The zero-order valence-corrected chi connectivity index (χ0v) is 12.7. The average Bonchev–Trinajstić information content (AvgIpc) is 2.98. The maximum Gasteiger partial charge on any atom is 0.241 e. The molecule has 2 N–H and O–H groups in total. The van der Waals surface area contributed by atoms with Crippen LogP contribution < -0.4 is 4.72 Å². The second-order valence-electron chi connectivity index (χ2n) is 4.03. The smallest absolute Gasteiger partial charge is 0.241 e. The van der Waals surface area contributed by atoms with Crippen LogP contribution in [0, 0.1) is 11.8 Å². The monoisotopic (exact) mass is 322 g/mol. The number of sulfonamides is 1. The summed E-state index contributed by atoms with van der Waals surface area (Å²) in [5, 5.41) is 11.5. The van der Waals surface area contributed by atoms with Crippen molar-refractivity contribution in [3.8, 4) is 11.8 Å². The molecular formula is C14H14N2O3S2. The molecule has 0 saturated carbocycles. The van der Waals surface area contributed by atoms with Gasteiger partial charge in [0, 0.05) is 30.1 Å². The highest BCUT2D eigenvalue weighted by Crippen LogP contribution is 2.14. The van der Waals surface area contributed by atoms with Crippen molar-refractivity contribution in [1.82, 2.24) is 9.71 Å². The number of nitrogens with one attached hydrogen (secondary N) is 1. The molecule has 1 aromatic heterocycles. The Kier molecular flexibility index (Phi) is 5.47. The number of nitrogens with zero attached hydrogens (tertiary/aromatic N) is 1. The predicted molar refractivity (Wildman–Crippen MR) is 81.4 cm³/mol. The maximum atomic E-state index is 12.3. The van der Waals surface area contributed by atoms with Crippen LogP contribution in [0.5, 0.6) is 0 Å². The molecule has 0 spiro atoms. The maximum absolute atomic E-state index is 12.3. The fraction of sp³-hybridized carbons (Fsp3) is 0.214. The third-order valence-corrected chi connectivity index (χ3v) is 4.95. The van der Waals surface area contributed by atoms with Crippen molar-refractivity contribution in [2.75, 3.05) is 13.2 Å². The quantitative estimate of drug-likeness (QED) is 0.805. The van der Waals surface area contributed by atoms with E-state index in [4.69, 9.17) is 5.11 Å². The summed E-state index contributed by atoms with van der Waals surface area (Å²) in [4.78, 5) is 4.22. The molecule has 0 radical (unpaired) electrons. The van der Waals surface area contributed by atoms with E-state index in [9.17, 15) is 8.42 Å². The highest BCUT2D eigenvalue weighted by Gasteiger charge is 2.16. The molecule has 0 bridgehead atoms. The standard InChI is InChI=1S/C14H14N2O3S2/c17-10-3-5-12-4-1-2-6-13(12)21(18,19)16-8-7-14-15-9-11-20-14/h1-2,4,6,9,11,16-17H,7-8,10H2. The summed E-state index contributed by atoms with van der Waals surface area (Å²) >= 11 is 1.49. The average molecular weight is 322 g/mol. The minimum absolute atomic E-state index is 0.116. The first-order valence-corrected chi connectivity index (χ1v) is 8.56. The fourth-order valence-corrected chi connectivity index (χ4v) is 3.50. The van der Waals surface area contributed by atoms with Crippen LogP contribution in [0.1, 0.15) is 10.6 Å². The van der Waals surface area contributed by atoms with Crippen molar-refractivity contribution in [1.29, 1.82) is 0 Å². The number of aliphatic hydroxyl groups is 1. The van der Waals surface area contributed by atoms with E-state index in [1.54, 1.807) is 24.4 Å². The molecule has 7 heteroatoms. The van der Waals surface area contributed by atoms with Gasteiger partial charge in [-0.3, -0.25) is 0 Å². The molecule has 21 heavy (non-hydrogen) atoms. The first kappa shape index (κ1) is 15.7. The zero-order chi connectivity index (χ0) is 15.1. The molecule has 2 aromatic rings. The molecule has 2 rings (SSSR count). The minimum Gasteiger partial charge on any atom is -0.384 e. The number of thiazole rings is 1. The van der Waals surface area contributed by atoms with E-state index in [2.05, 4.69) is 21.5 Å². The molecule has 0 unspecified atom stereocenters. The highest BCUT2D eigenvalue weighted by molar-refractivity contribution is 7.89. The van der Waals surface area contributed by atoms with E-state index in [1.807, 2.05) is 5.38 Å². The summed E-state index contributed by atoms with van der Waals surface area (Å²) < 4.78 is 27.1. The van der Waals surface area contributed by atoms with Crippen molar-refractivity contribution in [3.05, 3.63) is 46.4 Å². The number of hydrogen-bond donors (Lipinski definition) is 2. The van der Waals surface area contributed by atoms with E-state index in [1.165, 1.54) is 17.4 Å². The van der Waals surface area contributed by atoms with E-state index in [0.717, 1.165) is 5.01 Å². The Hall–Kier alpha value is -1.72. The first-order valence-electron chi connectivity index (χ1n) is 6.20. The number of aliphatic hydroxyl groups excluding tert-OH is 1. The van der Waals surface area contributed by atoms with Gasteiger partial charge in [0.2, 0.25) is 10.0 Å². The van der Waals surface area contributed by atoms with Gasteiger partial charge in [-0.2, -0.15) is 0 Å². The molecule has 0 aliphatic rings. The van der Waals surface area contributed by atoms with Crippen molar-refractivity contribution in [2.24, 2.45) is 0 Å². The molecule has 0 amide bonds. The minimum atomic E-state index is -3.63. The first-order chi connectivity index (χ1) is 10.1. The molecule has 1 heterocycles. The van der Waals surface area contributed by atoms with Crippen LogP contribution in [0.3, 0.4) is 0 Å². The lowest BCUT2D eigenvalue weighted by Crippen LogP contribution is -2.26. The molecule has 110 valence electrons. The van der Waals surface area contributed by atoms with Crippen LogP contribution in [0.15, 0.2) is 40.7 Å². The molecule has 0 aliphatic carbocycles. The van der Waals surface area contributed by atoms with Gasteiger partial charge >= 0.3 is 0 Å². The zero-order valence-electron chi connectivity index (χ0n) is 11.1. The number of hydrogen-bond acceptors (Lipinski definition) is 5. The summed E-state index contributed by atoms with van der Waals surface area (Å²) in [5.41, 5.74) is 0.369. The topological polar surface area (TPSA) is 79.3 Å². The summed E-state index contributed by atoms with van der Waals surface area (Å²) in [6, 6.07) is 6.45. The Morgan fingerprint density at radius 3 is 2.86 bits per heavy atom. The second kappa shape index (κ2) is 7.33. The van der Waals surface area contributed by atoms with Crippen LogP contribution in [-0.2, 0) is 16.4 Å².